The summed E-state index contributed by atoms with van der Waals surface area (Å²) in [6.07, 6.45) is 4.78. The molecule has 2 rings (SSSR count). The van der Waals surface area contributed by atoms with Crippen LogP contribution >= 0.6 is 15.9 Å². The van der Waals surface area contributed by atoms with E-state index in [1.807, 2.05) is 6.92 Å². The number of pyridine rings is 1. The molecule has 1 saturated carbocycles. The van der Waals surface area contributed by atoms with Crippen LogP contribution in [0.5, 0.6) is 0 Å². The van der Waals surface area contributed by atoms with Crippen LogP contribution in [0.25, 0.3) is 0 Å². The number of rotatable bonds is 4. The van der Waals surface area contributed by atoms with Crippen molar-refractivity contribution in [3.05, 3.63) is 33.1 Å². The molecular formula is C13H17BrN2O2. The van der Waals surface area contributed by atoms with E-state index in [-0.39, 0.29) is 16.0 Å². The normalized spacial score (nSPS) is 18.4. The van der Waals surface area contributed by atoms with Gasteiger partial charge in [0.25, 0.3) is 5.69 Å². The Balaban J connectivity index is 2.36. The first-order valence-corrected chi connectivity index (χ1v) is 7.02. The lowest BCUT2D eigenvalue weighted by atomic mass is 9.94. The maximum Gasteiger partial charge on any atom is 0.278 e. The highest BCUT2D eigenvalue weighted by Gasteiger charge is 2.47. The van der Waals surface area contributed by atoms with Crippen LogP contribution < -0.4 is 0 Å². The van der Waals surface area contributed by atoms with Crippen LogP contribution in [0.4, 0.5) is 5.69 Å². The number of halogens is 1. The summed E-state index contributed by atoms with van der Waals surface area (Å²) in [6, 6.07) is 0. The van der Waals surface area contributed by atoms with Gasteiger partial charge in [0.15, 0.2) is 0 Å². The van der Waals surface area contributed by atoms with Crippen molar-refractivity contribution in [1.82, 2.24) is 4.98 Å². The largest absolute Gasteiger partial charge is 0.278 e. The molecule has 0 aliphatic heterocycles. The first-order valence-electron chi connectivity index (χ1n) is 6.11. The van der Waals surface area contributed by atoms with Gasteiger partial charge < -0.3 is 0 Å². The standard InChI is InChI=1S/C13H17BrN2O2/c1-8-7-15-11(9(2)12(8)16(17)18)6-13(4-5-13)10(3)14/h7,10H,4-6H2,1-3H3. The van der Waals surface area contributed by atoms with E-state index in [1.54, 1.807) is 13.1 Å². The Bertz CT molecular complexity index is 496. The van der Waals surface area contributed by atoms with Gasteiger partial charge in [-0.3, -0.25) is 15.1 Å². The van der Waals surface area contributed by atoms with Gasteiger partial charge in [-0.15, -0.1) is 0 Å². The fourth-order valence-corrected chi connectivity index (χ4v) is 3.05. The Labute approximate surface area is 115 Å². The molecule has 98 valence electrons. The molecule has 1 aliphatic rings. The molecule has 5 heteroatoms. The molecule has 0 bridgehead atoms. The molecule has 4 nitrogen and oxygen atoms in total. The van der Waals surface area contributed by atoms with Crippen molar-refractivity contribution >= 4 is 21.6 Å². The maximum absolute atomic E-state index is 11.1. The maximum atomic E-state index is 11.1. The van der Waals surface area contributed by atoms with Gasteiger partial charge in [0.2, 0.25) is 0 Å². The molecule has 1 unspecified atom stereocenters. The van der Waals surface area contributed by atoms with Crippen LogP contribution in [0, 0.1) is 29.4 Å². The van der Waals surface area contributed by atoms with E-state index in [0.29, 0.717) is 10.4 Å². The fraction of sp³-hybridized carbons (Fsp3) is 0.615. The third-order valence-electron chi connectivity index (χ3n) is 4.01. The third kappa shape index (κ3) is 2.28. The molecule has 1 aliphatic carbocycles. The molecule has 0 amide bonds. The van der Waals surface area contributed by atoms with Gasteiger partial charge in [0.1, 0.15) is 0 Å². The van der Waals surface area contributed by atoms with E-state index in [4.69, 9.17) is 0 Å². The molecule has 0 N–H and O–H groups in total. The average Bonchev–Trinajstić information content (AvgIpc) is 3.03. The van der Waals surface area contributed by atoms with Crippen molar-refractivity contribution in [3.63, 3.8) is 0 Å². The van der Waals surface area contributed by atoms with Crippen LogP contribution in [-0.4, -0.2) is 14.7 Å². The summed E-state index contributed by atoms with van der Waals surface area (Å²) in [4.78, 5) is 15.6. The van der Waals surface area contributed by atoms with Crippen LogP contribution in [0.15, 0.2) is 6.20 Å². The lowest BCUT2D eigenvalue weighted by Gasteiger charge is -2.18. The van der Waals surface area contributed by atoms with E-state index < -0.39 is 0 Å². The predicted octanol–water partition coefficient (Wildman–Crippen LogP) is 3.71. The highest BCUT2D eigenvalue weighted by atomic mass is 79.9. The Morgan fingerprint density at radius 3 is 2.61 bits per heavy atom. The summed E-state index contributed by atoms with van der Waals surface area (Å²) in [7, 11) is 0. The highest BCUT2D eigenvalue weighted by Crippen LogP contribution is 2.54. The average molecular weight is 313 g/mol. The molecule has 1 fully saturated rings. The first kappa shape index (κ1) is 13.5. The molecule has 1 atom stereocenters. The SMILES string of the molecule is Cc1cnc(CC2(C(C)Br)CC2)c(C)c1[N+](=O)[O-]. The van der Waals surface area contributed by atoms with Crippen molar-refractivity contribution in [3.8, 4) is 0 Å². The number of nitro groups is 1. The summed E-state index contributed by atoms with van der Waals surface area (Å²) in [5, 5.41) is 11.1. The van der Waals surface area contributed by atoms with Gasteiger partial charge in [-0.25, -0.2) is 0 Å². The van der Waals surface area contributed by atoms with Crippen molar-refractivity contribution in [2.75, 3.05) is 0 Å². The van der Waals surface area contributed by atoms with Gasteiger partial charge in [-0.1, -0.05) is 22.9 Å². The van der Waals surface area contributed by atoms with Crippen molar-refractivity contribution < 1.29 is 4.92 Å². The topological polar surface area (TPSA) is 56.0 Å². The first-order chi connectivity index (χ1) is 8.37. The summed E-state index contributed by atoms with van der Waals surface area (Å²) >= 11 is 3.64. The van der Waals surface area contributed by atoms with E-state index in [2.05, 4.69) is 27.8 Å². The van der Waals surface area contributed by atoms with Gasteiger partial charge in [0, 0.05) is 22.2 Å². The Kier molecular flexibility index (Phi) is 3.45. The number of aryl methyl sites for hydroxylation is 1. The second-order valence-electron chi connectivity index (χ2n) is 5.27. The zero-order valence-electron chi connectivity index (χ0n) is 10.9. The summed E-state index contributed by atoms with van der Waals surface area (Å²) in [6.45, 7) is 5.69. The van der Waals surface area contributed by atoms with Crippen LogP contribution in [-0.2, 0) is 6.42 Å². The monoisotopic (exact) mass is 312 g/mol. The number of alkyl halides is 1. The van der Waals surface area contributed by atoms with Gasteiger partial charge in [-0.05, 0) is 38.5 Å². The lowest BCUT2D eigenvalue weighted by Crippen LogP contribution is -2.17. The number of hydrogen-bond donors (Lipinski definition) is 0. The minimum atomic E-state index is -0.299. The summed E-state index contributed by atoms with van der Waals surface area (Å²) < 4.78 is 0. The van der Waals surface area contributed by atoms with E-state index in [1.165, 1.54) is 12.8 Å². The second-order valence-corrected chi connectivity index (χ2v) is 6.65. The smallest absolute Gasteiger partial charge is 0.260 e. The zero-order valence-corrected chi connectivity index (χ0v) is 12.5. The van der Waals surface area contributed by atoms with E-state index in [9.17, 15) is 10.1 Å². The molecule has 0 spiro atoms. The van der Waals surface area contributed by atoms with Crippen LogP contribution in [0.2, 0.25) is 0 Å². The molecule has 1 aromatic rings. The molecule has 1 aromatic heterocycles. The third-order valence-corrected chi connectivity index (χ3v) is 4.98. The Morgan fingerprint density at radius 2 is 2.17 bits per heavy atom. The van der Waals surface area contributed by atoms with Gasteiger partial charge >= 0.3 is 0 Å². The van der Waals surface area contributed by atoms with Gasteiger partial charge in [0.05, 0.1) is 10.6 Å². The minimum absolute atomic E-state index is 0.220. The minimum Gasteiger partial charge on any atom is -0.260 e. The molecule has 1 heterocycles. The lowest BCUT2D eigenvalue weighted by molar-refractivity contribution is -0.386. The van der Waals surface area contributed by atoms with Crippen LogP contribution in [0.1, 0.15) is 36.6 Å². The molecular weight excluding hydrogens is 296 g/mol. The van der Waals surface area contributed by atoms with Crippen LogP contribution in [0.3, 0.4) is 0 Å². The Hall–Kier alpha value is -0.970. The summed E-state index contributed by atoms with van der Waals surface area (Å²) in [5.41, 5.74) is 2.70. The number of nitrogens with zero attached hydrogens (tertiary/aromatic N) is 2. The number of hydrogen-bond acceptors (Lipinski definition) is 3. The summed E-state index contributed by atoms with van der Waals surface area (Å²) in [5.74, 6) is 0. The van der Waals surface area contributed by atoms with E-state index in [0.717, 1.165) is 17.7 Å². The Morgan fingerprint density at radius 1 is 1.56 bits per heavy atom. The molecule has 0 radical (unpaired) electrons. The predicted molar refractivity (Wildman–Crippen MR) is 74.1 cm³/mol. The van der Waals surface area contributed by atoms with Crippen molar-refractivity contribution in [1.29, 1.82) is 0 Å². The van der Waals surface area contributed by atoms with Crippen molar-refractivity contribution in [2.45, 2.75) is 44.9 Å². The van der Waals surface area contributed by atoms with Gasteiger partial charge in [-0.2, -0.15) is 0 Å². The highest BCUT2D eigenvalue weighted by molar-refractivity contribution is 9.09. The molecule has 18 heavy (non-hydrogen) atoms. The fourth-order valence-electron chi connectivity index (χ4n) is 2.43. The zero-order chi connectivity index (χ0) is 13.5. The quantitative estimate of drug-likeness (QED) is 0.484. The molecule has 0 aromatic carbocycles. The van der Waals surface area contributed by atoms with Crippen molar-refractivity contribution in [2.24, 2.45) is 5.41 Å². The second kappa shape index (κ2) is 4.61. The molecule has 0 saturated heterocycles. The van der Waals surface area contributed by atoms with E-state index >= 15 is 0 Å². The number of aromatic nitrogens is 1.